The van der Waals surface area contributed by atoms with Crippen LogP contribution < -0.4 is 4.90 Å². The molecule has 29 heavy (non-hydrogen) atoms. The summed E-state index contributed by atoms with van der Waals surface area (Å²) in [6.07, 6.45) is 0.958. The quantitative estimate of drug-likeness (QED) is 0.492. The number of amides is 1. The minimum atomic E-state index is -0.691. The molecule has 0 atom stereocenters. The van der Waals surface area contributed by atoms with Crippen molar-refractivity contribution >= 4 is 41.3 Å². The molecule has 1 amide bonds. The molecule has 0 aliphatic heterocycles. The van der Waals surface area contributed by atoms with Crippen LogP contribution in [0.2, 0.25) is 10.0 Å². The molecule has 0 heterocycles. The Morgan fingerprint density at radius 2 is 1.79 bits per heavy atom. The van der Waals surface area contributed by atoms with Gasteiger partial charge in [0.05, 0.1) is 15.7 Å². The molecule has 0 N–H and O–H groups in total. The van der Waals surface area contributed by atoms with E-state index in [0.717, 1.165) is 17.4 Å². The van der Waals surface area contributed by atoms with Crippen LogP contribution >= 0.6 is 23.2 Å². The topological polar surface area (TPSA) is 46.6 Å². The monoisotopic (exact) mass is 439 g/mol. The lowest BCUT2D eigenvalue weighted by molar-refractivity contribution is -0.107. The molecule has 2 aromatic carbocycles. The van der Waals surface area contributed by atoms with Crippen LogP contribution in [0.1, 0.15) is 38.3 Å². The molecule has 2 rings (SSSR count). The number of ether oxygens (including phenoxy) is 1. The summed E-state index contributed by atoms with van der Waals surface area (Å²) in [5.41, 5.74) is 2.49. The third-order valence-electron chi connectivity index (χ3n) is 4.31. The highest BCUT2D eigenvalue weighted by molar-refractivity contribution is 6.39. The van der Waals surface area contributed by atoms with Gasteiger partial charge < -0.3 is 9.53 Å². The number of carbonyl (C=O) groups is 2. The number of rotatable bonds is 5. The van der Waals surface area contributed by atoms with E-state index in [1.54, 1.807) is 33.9 Å². The maximum absolute atomic E-state index is 13.7. The van der Waals surface area contributed by atoms with Crippen molar-refractivity contribution in [3.05, 3.63) is 51.3 Å². The first-order valence-corrected chi connectivity index (χ1v) is 9.89. The van der Waals surface area contributed by atoms with Gasteiger partial charge in [-0.3, -0.25) is 4.90 Å². The lowest BCUT2D eigenvalue weighted by Gasteiger charge is -2.29. The average Bonchev–Trinajstić information content (AvgIpc) is 2.58. The summed E-state index contributed by atoms with van der Waals surface area (Å²) in [4.78, 5) is 25.2. The average molecular weight is 440 g/mol. The van der Waals surface area contributed by atoms with Gasteiger partial charge in [0.1, 0.15) is 17.7 Å². The highest BCUT2D eigenvalue weighted by Crippen LogP contribution is 2.43. The summed E-state index contributed by atoms with van der Waals surface area (Å²) < 4.78 is 19.2. The van der Waals surface area contributed by atoms with E-state index < -0.39 is 17.5 Å². The molecule has 2 aromatic rings. The van der Waals surface area contributed by atoms with Gasteiger partial charge in [0.25, 0.3) is 0 Å². The fraction of sp³-hybridized carbons (Fsp3) is 0.364. The second-order valence-corrected chi connectivity index (χ2v) is 8.56. The number of hydrogen-bond acceptors (Lipinski definition) is 3. The predicted octanol–water partition coefficient (Wildman–Crippen LogP) is 6.61. The van der Waals surface area contributed by atoms with Crippen molar-refractivity contribution in [2.45, 2.75) is 46.1 Å². The zero-order valence-corrected chi connectivity index (χ0v) is 18.6. The first-order valence-electron chi connectivity index (χ1n) is 9.14. The van der Waals surface area contributed by atoms with Crippen molar-refractivity contribution in [1.82, 2.24) is 0 Å². The molecular weight excluding hydrogens is 416 g/mol. The van der Waals surface area contributed by atoms with Gasteiger partial charge in [-0.05, 0) is 57.4 Å². The standard InChI is InChI=1S/C22H24Cl2FNO3/c1-13-8-9-16(19-17(23)11-14(25)12-18(19)24)20(15(13)7-6-10-27)26(5)21(28)29-22(2,3)4/h8-12H,6-7H2,1-5H3. The lowest BCUT2D eigenvalue weighted by Crippen LogP contribution is -2.35. The van der Waals surface area contributed by atoms with E-state index in [1.165, 1.54) is 17.0 Å². The Kier molecular flexibility index (Phi) is 7.30. The van der Waals surface area contributed by atoms with Crippen LogP contribution in [-0.4, -0.2) is 25.0 Å². The number of benzene rings is 2. The van der Waals surface area contributed by atoms with Gasteiger partial charge >= 0.3 is 6.09 Å². The number of aldehydes is 1. The van der Waals surface area contributed by atoms with Crippen LogP contribution in [0.3, 0.4) is 0 Å². The van der Waals surface area contributed by atoms with E-state index in [9.17, 15) is 14.0 Å². The van der Waals surface area contributed by atoms with Gasteiger partial charge in [-0.1, -0.05) is 35.3 Å². The normalized spacial score (nSPS) is 11.3. The van der Waals surface area contributed by atoms with Gasteiger partial charge in [-0.15, -0.1) is 0 Å². The van der Waals surface area contributed by atoms with Gasteiger partial charge in [0.2, 0.25) is 0 Å². The van der Waals surface area contributed by atoms with Gasteiger partial charge in [0, 0.05) is 24.6 Å². The van der Waals surface area contributed by atoms with Gasteiger partial charge in [-0.25, -0.2) is 9.18 Å². The Hall–Kier alpha value is -2.11. The number of carbonyl (C=O) groups excluding carboxylic acids is 2. The first kappa shape index (κ1) is 23.2. The molecule has 0 bridgehead atoms. The Bertz CT molecular complexity index is 915. The minimum absolute atomic E-state index is 0.124. The summed E-state index contributed by atoms with van der Waals surface area (Å²) in [7, 11) is 1.59. The number of anilines is 1. The van der Waals surface area contributed by atoms with Crippen LogP contribution in [-0.2, 0) is 16.0 Å². The minimum Gasteiger partial charge on any atom is -0.443 e. The molecule has 156 valence electrons. The maximum Gasteiger partial charge on any atom is 0.414 e. The number of hydrogen-bond donors (Lipinski definition) is 0. The van der Waals surface area contributed by atoms with Crippen LogP contribution in [0.5, 0.6) is 0 Å². The van der Waals surface area contributed by atoms with Crippen molar-refractivity contribution in [3.8, 4) is 11.1 Å². The van der Waals surface area contributed by atoms with Gasteiger partial charge in [0.15, 0.2) is 0 Å². The molecular formula is C22H24Cl2FNO3. The number of halogens is 3. The molecule has 0 aliphatic carbocycles. The van der Waals surface area contributed by atoms with Gasteiger partial charge in [-0.2, -0.15) is 0 Å². The smallest absolute Gasteiger partial charge is 0.414 e. The summed E-state index contributed by atoms with van der Waals surface area (Å²) >= 11 is 12.6. The molecule has 4 nitrogen and oxygen atoms in total. The summed E-state index contributed by atoms with van der Waals surface area (Å²) in [6, 6.07) is 5.98. The van der Waals surface area contributed by atoms with E-state index in [1.807, 2.05) is 13.0 Å². The largest absolute Gasteiger partial charge is 0.443 e. The Morgan fingerprint density at radius 3 is 2.31 bits per heavy atom. The molecule has 0 saturated carbocycles. The van der Waals surface area contributed by atoms with E-state index >= 15 is 0 Å². The fourth-order valence-corrected chi connectivity index (χ4v) is 3.73. The van der Waals surface area contributed by atoms with Crippen molar-refractivity contribution in [1.29, 1.82) is 0 Å². The van der Waals surface area contributed by atoms with Crippen LogP contribution in [0.4, 0.5) is 14.9 Å². The number of aryl methyl sites for hydroxylation is 1. The van der Waals surface area contributed by atoms with Crippen LogP contribution in [0, 0.1) is 12.7 Å². The van der Waals surface area contributed by atoms with E-state index in [-0.39, 0.29) is 16.5 Å². The lowest BCUT2D eigenvalue weighted by atomic mass is 9.93. The molecule has 0 saturated heterocycles. The summed E-state index contributed by atoms with van der Waals surface area (Å²) in [5.74, 6) is -0.556. The zero-order valence-electron chi connectivity index (χ0n) is 17.1. The van der Waals surface area contributed by atoms with E-state index in [4.69, 9.17) is 27.9 Å². The molecule has 7 heteroatoms. The third-order valence-corrected chi connectivity index (χ3v) is 4.90. The number of nitrogens with zero attached hydrogens (tertiary/aromatic N) is 1. The summed E-state index contributed by atoms with van der Waals surface area (Å²) in [5, 5.41) is 0.248. The zero-order chi connectivity index (χ0) is 21.9. The second-order valence-electron chi connectivity index (χ2n) is 7.75. The molecule has 0 aliphatic rings. The predicted molar refractivity (Wildman–Crippen MR) is 116 cm³/mol. The fourth-order valence-electron chi connectivity index (χ4n) is 3.06. The Morgan fingerprint density at radius 1 is 1.21 bits per heavy atom. The highest BCUT2D eigenvalue weighted by Gasteiger charge is 2.27. The van der Waals surface area contributed by atoms with Crippen LogP contribution in [0.25, 0.3) is 11.1 Å². The van der Waals surface area contributed by atoms with E-state index in [0.29, 0.717) is 23.2 Å². The Balaban J connectivity index is 2.76. The third kappa shape index (κ3) is 5.49. The van der Waals surface area contributed by atoms with E-state index in [2.05, 4.69) is 0 Å². The molecule has 0 radical (unpaired) electrons. The molecule has 0 aromatic heterocycles. The SMILES string of the molecule is Cc1ccc(-c2c(Cl)cc(F)cc2Cl)c(N(C)C(=O)OC(C)(C)C)c1CCC=O. The summed E-state index contributed by atoms with van der Waals surface area (Å²) in [6.45, 7) is 7.22. The maximum atomic E-state index is 13.7. The van der Waals surface area contributed by atoms with Crippen molar-refractivity contribution in [2.24, 2.45) is 0 Å². The highest BCUT2D eigenvalue weighted by atomic mass is 35.5. The van der Waals surface area contributed by atoms with Crippen molar-refractivity contribution in [3.63, 3.8) is 0 Å². The van der Waals surface area contributed by atoms with Crippen molar-refractivity contribution in [2.75, 3.05) is 11.9 Å². The van der Waals surface area contributed by atoms with Crippen LogP contribution in [0.15, 0.2) is 24.3 Å². The molecule has 0 fully saturated rings. The Labute approximate surface area is 180 Å². The molecule has 0 spiro atoms. The first-order chi connectivity index (χ1) is 13.5. The second kappa shape index (κ2) is 9.14. The molecule has 0 unspecified atom stereocenters. The van der Waals surface area contributed by atoms with Crippen molar-refractivity contribution < 1.29 is 18.7 Å².